The average Bonchev–Trinajstić information content (AvgIpc) is 3.01. The van der Waals surface area contributed by atoms with Crippen molar-refractivity contribution >= 4 is 11.8 Å². The van der Waals surface area contributed by atoms with Gasteiger partial charge >= 0.3 is 0 Å². The summed E-state index contributed by atoms with van der Waals surface area (Å²) in [5, 5.41) is 14.5. The Hall–Kier alpha value is -2.80. The first-order valence-electron chi connectivity index (χ1n) is 7.03. The second kappa shape index (κ2) is 8.00. The fourth-order valence-electron chi connectivity index (χ4n) is 1.87. The van der Waals surface area contributed by atoms with E-state index in [1.165, 1.54) is 24.3 Å². The maximum absolute atomic E-state index is 11.8. The molecule has 1 heterocycles. The molecule has 7 nitrogen and oxygen atoms in total. The number of hydrogen-bond donors (Lipinski definition) is 3. The van der Waals surface area contributed by atoms with Crippen LogP contribution in [-0.4, -0.2) is 37.1 Å². The van der Waals surface area contributed by atoms with E-state index < -0.39 is 0 Å². The molecule has 0 aliphatic rings. The zero-order chi connectivity index (χ0) is 16.7. The standard InChI is InChI=1S/C16H18N2O5/c1-22-10-13-6-7-14(23-13)16(21)18-9-8-17-15(20)11-2-4-12(19)5-3-11/h2-7,19H,8-10H2,1H3,(H,17,20)(H,18,21). The number of phenols is 1. The van der Waals surface area contributed by atoms with E-state index in [4.69, 9.17) is 14.3 Å². The molecule has 0 unspecified atom stereocenters. The molecule has 0 saturated carbocycles. The van der Waals surface area contributed by atoms with E-state index >= 15 is 0 Å². The molecule has 1 aromatic carbocycles. The van der Waals surface area contributed by atoms with Crippen LogP contribution in [0.25, 0.3) is 0 Å². The number of nitrogens with one attached hydrogen (secondary N) is 2. The minimum Gasteiger partial charge on any atom is -0.508 e. The largest absolute Gasteiger partial charge is 0.508 e. The van der Waals surface area contributed by atoms with Gasteiger partial charge in [-0.3, -0.25) is 9.59 Å². The van der Waals surface area contributed by atoms with Crippen molar-refractivity contribution in [3.63, 3.8) is 0 Å². The topological polar surface area (TPSA) is 101 Å². The van der Waals surface area contributed by atoms with Crippen LogP contribution in [0.15, 0.2) is 40.8 Å². The quantitative estimate of drug-likeness (QED) is 0.668. The number of phenolic OH excluding ortho intramolecular Hbond substituents is 1. The minimum absolute atomic E-state index is 0.0973. The molecular weight excluding hydrogens is 300 g/mol. The molecule has 23 heavy (non-hydrogen) atoms. The molecule has 2 amide bonds. The lowest BCUT2D eigenvalue weighted by atomic mass is 10.2. The van der Waals surface area contributed by atoms with Gasteiger partial charge in [0, 0.05) is 25.8 Å². The van der Waals surface area contributed by atoms with Crippen LogP contribution < -0.4 is 10.6 Å². The predicted molar refractivity (Wildman–Crippen MR) is 82.2 cm³/mol. The Morgan fingerprint density at radius 3 is 2.35 bits per heavy atom. The Morgan fingerprint density at radius 1 is 1.04 bits per heavy atom. The molecule has 0 fully saturated rings. The van der Waals surface area contributed by atoms with Gasteiger partial charge in [0.25, 0.3) is 11.8 Å². The van der Waals surface area contributed by atoms with Crippen molar-refractivity contribution in [2.24, 2.45) is 0 Å². The van der Waals surface area contributed by atoms with Crippen LogP contribution in [0.2, 0.25) is 0 Å². The molecule has 0 spiro atoms. The van der Waals surface area contributed by atoms with Crippen LogP contribution in [0.1, 0.15) is 26.7 Å². The number of rotatable bonds is 7. The van der Waals surface area contributed by atoms with Crippen molar-refractivity contribution in [3.8, 4) is 5.75 Å². The number of hydrogen-bond acceptors (Lipinski definition) is 5. The number of benzene rings is 1. The van der Waals surface area contributed by atoms with Crippen molar-refractivity contribution in [2.45, 2.75) is 6.61 Å². The fourth-order valence-corrected chi connectivity index (χ4v) is 1.87. The Morgan fingerprint density at radius 2 is 1.70 bits per heavy atom. The number of carbonyl (C=O) groups excluding carboxylic acids is 2. The summed E-state index contributed by atoms with van der Waals surface area (Å²) in [5.74, 6) is 0.228. The number of carbonyl (C=O) groups is 2. The van der Waals surface area contributed by atoms with Crippen LogP contribution in [0.4, 0.5) is 0 Å². The smallest absolute Gasteiger partial charge is 0.287 e. The Balaban J connectivity index is 1.72. The molecule has 122 valence electrons. The number of ether oxygens (including phenoxy) is 1. The minimum atomic E-state index is -0.355. The monoisotopic (exact) mass is 318 g/mol. The molecule has 3 N–H and O–H groups in total. The third-order valence-electron chi connectivity index (χ3n) is 3.00. The SMILES string of the molecule is COCc1ccc(C(=O)NCCNC(=O)c2ccc(O)cc2)o1. The zero-order valence-electron chi connectivity index (χ0n) is 12.7. The summed E-state index contributed by atoms with van der Waals surface area (Å²) in [7, 11) is 1.54. The van der Waals surface area contributed by atoms with Gasteiger partial charge in [-0.05, 0) is 36.4 Å². The van der Waals surface area contributed by atoms with Crippen molar-refractivity contribution in [1.29, 1.82) is 0 Å². The van der Waals surface area contributed by atoms with Crippen molar-refractivity contribution < 1.29 is 23.8 Å². The highest BCUT2D eigenvalue weighted by molar-refractivity contribution is 5.94. The first-order chi connectivity index (χ1) is 11.1. The van der Waals surface area contributed by atoms with E-state index in [0.717, 1.165) is 0 Å². The van der Waals surface area contributed by atoms with Gasteiger partial charge in [0.1, 0.15) is 18.1 Å². The summed E-state index contributed by atoms with van der Waals surface area (Å²) < 4.78 is 10.2. The van der Waals surface area contributed by atoms with Crippen LogP contribution in [0, 0.1) is 0 Å². The maximum atomic E-state index is 11.8. The Kier molecular flexibility index (Phi) is 5.76. The first kappa shape index (κ1) is 16.6. The predicted octanol–water partition coefficient (Wildman–Crippen LogP) is 1.29. The second-order valence-corrected chi connectivity index (χ2v) is 4.76. The summed E-state index contributed by atoms with van der Waals surface area (Å²) in [4.78, 5) is 23.6. The zero-order valence-corrected chi connectivity index (χ0v) is 12.7. The van der Waals surface area contributed by atoms with E-state index in [-0.39, 0.29) is 36.4 Å². The Labute approximate surface area is 133 Å². The first-order valence-corrected chi connectivity index (χ1v) is 7.03. The summed E-state index contributed by atoms with van der Waals surface area (Å²) in [6.45, 7) is 0.843. The van der Waals surface area contributed by atoms with E-state index in [0.29, 0.717) is 17.9 Å². The number of methoxy groups -OCH3 is 1. The molecular formula is C16H18N2O5. The van der Waals surface area contributed by atoms with Gasteiger partial charge < -0.3 is 24.9 Å². The van der Waals surface area contributed by atoms with Gasteiger partial charge in [-0.2, -0.15) is 0 Å². The molecule has 2 rings (SSSR count). The average molecular weight is 318 g/mol. The molecule has 0 bridgehead atoms. The third-order valence-corrected chi connectivity index (χ3v) is 3.00. The van der Waals surface area contributed by atoms with Crippen LogP contribution >= 0.6 is 0 Å². The van der Waals surface area contributed by atoms with Gasteiger partial charge in [0.2, 0.25) is 0 Å². The van der Waals surface area contributed by atoms with Crippen molar-refractivity contribution in [3.05, 3.63) is 53.5 Å². The molecule has 2 aromatic rings. The number of aromatic hydroxyl groups is 1. The van der Waals surface area contributed by atoms with Gasteiger partial charge in [-0.15, -0.1) is 0 Å². The lowest BCUT2D eigenvalue weighted by Gasteiger charge is -2.06. The number of amides is 2. The summed E-state index contributed by atoms with van der Waals surface area (Å²) in [6.07, 6.45) is 0. The molecule has 1 aromatic heterocycles. The van der Waals surface area contributed by atoms with Gasteiger partial charge in [-0.1, -0.05) is 0 Å². The highest BCUT2D eigenvalue weighted by atomic mass is 16.5. The van der Waals surface area contributed by atoms with Gasteiger partial charge in [-0.25, -0.2) is 0 Å². The number of furan rings is 1. The highest BCUT2D eigenvalue weighted by Crippen LogP contribution is 2.09. The summed E-state index contributed by atoms with van der Waals surface area (Å²) >= 11 is 0. The van der Waals surface area contributed by atoms with Gasteiger partial charge in [0.05, 0.1) is 0 Å². The fraction of sp³-hybridized carbons (Fsp3) is 0.250. The lowest BCUT2D eigenvalue weighted by Crippen LogP contribution is -2.34. The molecule has 0 aliphatic carbocycles. The van der Waals surface area contributed by atoms with Crippen LogP contribution in [0.3, 0.4) is 0 Å². The van der Waals surface area contributed by atoms with Crippen molar-refractivity contribution in [1.82, 2.24) is 10.6 Å². The van der Waals surface area contributed by atoms with E-state index in [2.05, 4.69) is 10.6 Å². The van der Waals surface area contributed by atoms with E-state index in [9.17, 15) is 9.59 Å². The maximum Gasteiger partial charge on any atom is 0.287 e. The van der Waals surface area contributed by atoms with Gasteiger partial charge in [0.15, 0.2) is 5.76 Å². The second-order valence-electron chi connectivity index (χ2n) is 4.76. The highest BCUT2D eigenvalue weighted by Gasteiger charge is 2.11. The molecule has 0 aliphatic heterocycles. The normalized spacial score (nSPS) is 10.3. The van der Waals surface area contributed by atoms with Crippen molar-refractivity contribution in [2.75, 3.05) is 20.2 Å². The summed E-state index contributed by atoms with van der Waals surface area (Å²) in [5.41, 5.74) is 0.435. The van der Waals surface area contributed by atoms with E-state index in [1.807, 2.05) is 0 Å². The lowest BCUT2D eigenvalue weighted by molar-refractivity contribution is 0.0904. The molecule has 0 atom stereocenters. The van der Waals surface area contributed by atoms with Crippen LogP contribution in [-0.2, 0) is 11.3 Å². The molecule has 0 radical (unpaired) electrons. The summed E-state index contributed by atoms with van der Waals surface area (Å²) in [6, 6.07) is 9.15. The third kappa shape index (κ3) is 4.86. The Bertz CT molecular complexity index is 663. The van der Waals surface area contributed by atoms with Crippen LogP contribution in [0.5, 0.6) is 5.75 Å². The van der Waals surface area contributed by atoms with E-state index in [1.54, 1.807) is 19.2 Å². The molecule has 0 saturated heterocycles. The molecule has 7 heteroatoms.